The molecule has 1 N–H and O–H groups in total. The molecule has 0 saturated carbocycles. The summed E-state index contributed by atoms with van der Waals surface area (Å²) in [7, 11) is 0. The minimum atomic E-state index is -4.70. The second-order valence-electron chi connectivity index (χ2n) is 7.90. The van der Waals surface area contributed by atoms with Gasteiger partial charge in [-0.2, -0.15) is 28.4 Å². The first-order valence-electron chi connectivity index (χ1n) is 9.79. The predicted molar refractivity (Wildman–Crippen MR) is 118 cm³/mol. The zero-order chi connectivity index (χ0) is 25.3. The van der Waals surface area contributed by atoms with Crippen LogP contribution in [0.3, 0.4) is 0 Å². The number of aromatic nitrogens is 4. The van der Waals surface area contributed by atoms with Gasteiger partial charge in [-0.25, -0.2) is 9.97 Å². The molecule has 1 amide bonds. The van der Waals surface area contributed by atoms with Crippen LogP contribution in [-0.2, 0) is 11.6 Å². The van der Waals surface area contributed by atoms with Gasteiger partial charge in [0.05, 0.1) is 28.7 Å². The van der Waals surface area contributed by atoms with Crippen LogP contribution in [0.1, 0.15) is 59.7 Å². The third kappa shape index (κ3) is 5.24. The fourth-order valence-corrected chi connectivity index (χ4v) is 3.36. The van der Waals surface area contributed by atoms with Gasteiger partial charge in [-0.1, -0.05) is 0 Å². The van der Waals surface area contributed by atoms with E-state index in [1.807, 2.05) is 12.1 Å². The summed E-state index contributed by atoms with van der Waals surface area (Å²) in [4.78, 5) is 21.3. The SMILES string of the molecule is CC(NC(=O)c1cc(C(F)(F)F)cc(C(C)(C)C#N)c1)c1nc(Br)nn1-c1ccc(C#N)cn1. The molecule has 8 nitrogen and oxygen atoms in total. The highest BCUT2D eigenvalue weighted by Crippen LogP contribution is 2.34. The lowest BCUT2D eigenvalue weighted by molar-refractivity contribution is -0.137. The summed E-state index contributed by atoms with van der Waals surface area (Å²) in [6.45, 7) is 4.52. The normalized spacial score (nSPS) is 12.5. The Labute approximate surface area is 201 Å². The molecular weight excluding hydrogens is 515 g/mol. The van der Waals surface area contributed by atoms with Gasteiger partial charge in [0.15, 0.2) is 11.6 Å². The smallest absolute Gasteiger partial charge is 0.342 e. The molecule has 0 aliphatic carbocycles. The van der Waals surface area contributed by atoms with E-state index in [9.17, 15) is 23.2 Å². The van der Waals surface area contributed by atoms with Gasteiger partial charge in [0, 0.05) is 11.8 Å². The van der Waals surface area contributed by atoms with Gasteiger partial charge < -0.3 is 5.32 Å². The number of nitrogens with one attached hydrogen (secondary N) is 1. The molecule has 1 unspecified atom stereocenters. The summed E-state index contributed by atoms with van der Waals surface area (Å²) < 4.78 is 41.9. The van der Waals surface area contributed by atoms with Crippen LogP contribution in [0.2, 0.25) is 0 Å². The molecule has 0 spiro atoms. The van der Waals surface area contributed by atoms with Gasteiger partial charge >= 0.3 is 6.18 Å². The van der Waals surface area contributed by atoms with Crippen molar-refractivity contribution in [1.82, 2.24) is 25.1 Å². The zero-order valence-corrected chi connectivity index (χ0v) is 19.7. The molecule has 1 aromatic carbocycles. The molecule has 0 fully saturated rings. The molecule has 0 aliphatic heterocycles. The standard InChI is InChI=1S/C22H17BrF3N7O/c1-12(18-31-20(23)32-33(18)17-5-4-13(9-27)10-29-17)30-19(34)14-6-15(21(2,3)11-28)8-16(7-14)22(24,25)26/h4-8,10,12H,1-3H3,(H,30,34). The van der Waals surface area contributed by atoms with Crippen LogP contribution in [0.4, 0.5) is 13.2 Å². The molecule has 0 aliphatic rings. The van der Waals surface area contributed by atoms with Gasteiger partial charge in [0.1, 0.15) is 6.07 Å². The molecule has 12 heteroatoms. The quantitative estimate of drug-likeness (QED) is 0.513. The number of nitrogens with zero attached hydrogens (tertiary/aromatic N) is 6. The molecule has 0 radical (unpaired) electrons. The van der Waals surface area contributed by atoms with Crippen LogP contribution in [0.15, 0.2) is 41.3 Å². The van der Waals surface area contributed by atoms with Gasteiger partial charge in [0.2, 0.25) is 4.73 Å². The lowest BCUT2D eigenvalue weighted by Crippen LogP contribution is -2.29. The van der Waals surface area contributed by atoms with Crippen molar-refractivity contribution in [2.75, 3.05) is 0 Å². The van der Waals surface area contributed by atoms with Crippen LogP contribution in [0.5, 0.6) is 0 Å². The van der Waals surface area contributed by atoms with Crippen LogP contribution >= 0.6 is 15.9 Å². The van der Waals surface area contributed by atoms with Gasteiger partial charge in [-0.05, 0) is 72.6 Å². The Morgan fingerprint density at radius 2 is 1.85 bits per heavy atom. The fourth-order valence-electron chi connectivity index (χ4n) is 3.02. The lowest BCUT2D eigenvalue weighted by Gasteiger charge is -2.20. The third-order valence-corrected chi connectivity index (χ3v) is 5.29. The lowest BCUT2D eigenvalue weighted by atomic mass is 9.84. The van der Waals surface area contributed by atoms with E-state index in [0.29, 0.717) is 11.4 Å². The minimum absolute atomic E-state index is 0.0651. The highest BCUT2D eigenvalue weighted by molar-refractivity contribution is 9.10. The van der Waals surface area contributed by atoms with E-state index in [1.165, 1.54) is 36.9 Å². The Balaban J connectivity index is 1.96. The van der Waals surface area contributed by atoms with Crippen molar-refractivity contribution in [3.8, 4) is 18.0 Å². The second kappa shape index (κ2) is 9.23. The molecule has 2 heterocycles. The summed E-state index contributed by atoms with van der Waals surface area (Å²) in [5.74, 6) is -0.209. The van der Waals surface area contributed by atoms with Crippen molar-refractivity contribution < 1.29 is 18.0 Å². The van der Waals surface area contributed by atoms with Crippen LogP contribution in [0.25, 0.3) is 5.82 Å². The summed E-state index contributed by atoms with van der Waals surface area (Å²) in [5.41, 5.74) is -2.11. The molecule has 3 rings (SSSR count). The molecule has 0 bridgehead atoms. The number of pyridine rings is 1. The van der Waals surface area contributed by atoms with Crippen LogP contribution in [0, 0.1) is 22.7 Å². The number of amides is 1. The Kier molecular flexibility index (Phi) is 6.75. The van der Waals surface area contributed by atoms with E-state index in [2.05, 4.69) is 36.3 Å². The van der Waals surface area contributed by atoms with Gasteiger partial charge in [-0.3, -0.25) is 4.79 Å². The average molecular weight is 532 g/mol. The van der Waals surface area contributed by atoms with E-state index >= 15 is 0 Å². The first kappa shape index (κ1) is 24.9. The van der Waals surface area contributed by atoms with E-state index in [0.717, 1.165) is 12.1 Å². The molecule has 34 heavy (non-hydrogen) atoms. The van der Waals surface area contributed by atoms with Crippen molar-refractivity contribution in [1.29, 1.82) is 10.5 Å². The van der Waals surface area contributed by atoms with Crippen molar-refractivity contribution >= 4 is 21.8 Å². The number of benzene rings is 1. The van der Waals surface area contributed by atoms with Crippen LogP contribution < -0.4 is 5.32 Å². The largest absolute Gasteiger partial charge is 0.416 e. The summed E-state index contributed by atoms with van der Waals surface area (Å²) in [6.07, 6.45) is -3.35. The Morgan fingerprint density at radius 1 is 1.18 bits per heavy atom. The fraction of sp³-hybridized carbons (Fsp3) is 0.273. The van der Waals surface area contributed by atoms with E-state index in [1.54, 1.807) is 13.0 Å². The number of carbonyl (C=O) groups is 1. The van der Waals surface area contributed by atoms with Crippen molar-refractivity contribution in [3.63, 3.8) is 0 Å². The topological polar surface area (TPSA) is 120 Å². The van der Waals surface area contributed by atoms with Crippen molar-refractivity contribution in [2.24, 2.45) is 0 Å². The molecule has 0 saturated heterocycles. The highest BCUT2D eigenvalue weighted by atomic mass is 79.9. The predicted octanol–water partition coefficient (Wildman–Crippen LogP) is 4.61. The molecular formula is C22H17BrF3N7O. The van der Waals surface area contributed by atoms with E-state index in [-0.39, 0.29) is 21.7 Å². The number of nitriles is 2. The number of rotatable bonds is 5. The Morgan fingerprint density at radius 3 is 2.41 bits per heavy atom. The second-order valence-corrected chi connectivity index (χ2v) is 8.61. The molecule has 1 atom stereocenters. The van der Waals surface area contributed by atoms with Crippen LogP contribution in [-0.4, -0.2) is 25.7 Å². The summed E-state index contributed by atoms with van der Waals surface area (Å²) in [5, 5.41) is 25.1. The maximum Gasteiger partial charge on any atom is 0.416 e. The maximum atomic E-state index is 13.5. The Bertz CT molecular complexity index is 1320. The molecule has 3 aromatic rings. The monoisotopic (exact) mass is 531 g/mol. The maximum absolute atomic E-state index is 13.5. The summed E-state index contributed by atoms with van der Waals surface area (Å²) in [6, 6.07) is 9.07. The number of halogens is 4. The number of hydrogen-bond acceptors (Lipinski definition) is 6. The number of alkyl halides is 3. The molecule has 2 aromatic heterocycles. The first-order chi connectivity index (χ1) is 15.9. The zero-order valence-electron chi connectivity index (χ0n) is 18.1. The van der Waals surface area contributed by atoms with Crippen molar-refractivity contribution in [2.45, 2.75) is 38.4 Å². The number of hydrogen-bond donors (Lipinski definition) is 1. The summed E-state index contributed by atoms with van der Waals surface area (Å²) >= 11 is 3.17. The number of carbonyl (C=O) groups excluding carboxylic acids is 1. The van der Waals surface area contributed by atoms with Crippen molar-refractivity contribution in [3.05, 3.63) is 69.3 Å². The van der Waals surface area contributed by atoms with E-state index in [4.69, 9.17) is 5.26 Å². The average Bonchev–Trinajstić information content (AvgIpc) is 3.20. The van der Waals surface area contributed by atoms with Gasteiger partial charge in [0.25, 0.3) is 5.91 Å². The van der Waals surface area contributed by atoms with Gasteiger partial charge in [-0.15, -0.1) is 5.10 Å². The molecule has 174 valence electrons. The highest BCUT2D eigenvalue weighted by Gasteiger charge is 2.34. The Hall–Kier alpha value is -3.77. The third-order valence-electron chi connectivity index (χ3n) is 4.96. The first-order valence-corrected chi connectivity index (χ1v) is 10.6. The minimum Gasteiger partial charge on any atom is -0.342 e. The van der Waals surface area contributed by atoms with E-state index < -0.39 is 29.1 Å².